The number of carbonyl (C=O) groups excluding carboxylic acids is 2. The molecule has 0 saturated carbocycles. The summed E-state index contributed by atoms with van der Waals surface area (Å²) in [6.07, 6.45) is 12.8. The van der Waals surface area contributed by atoms with Crippen LogP contribution in [0.4, 0.5) is 4.79 Å². The van der Waals surface area contributed by atoms with Gasteiger partial charge in [-0.05, 0) is 107 Å². The van der Waals surface area contributed by atoms with E-state index < -0.39 is 0 Å². The molecule has 3 saturated heterocycles. The Hall–Kier alpha value is -1.97. The average molecular weight is 721 g/mol. The van der Waals surface area contributed by atoms with E-state index in [2.05, 4.69) is 53.8 Å². The van der Waals surface area contributed by atoms with Gasteiger partial charge in [-0.15, -0.1) is 5.70 Å². The first-order chi connectivity index (χ1) is 20.3. The zero-order valence-corrected chi connectivity index (χ0v) is 27.9. The third-order valence-electron chi connectivity index (χ3n) is 10.1. The van der Waals surface area contributed by atoms with Gasteiger partial charge in [0.1, 0.15) is 0 Å². The van der Waals surface area contributed by atoms with Gasteiger partial charge in [0.25, 0.3) is 0 Å². The molecule has 2 N–H and O–H groups in total. The molecule has 3 amide bonds. The first-order valence-electron chi connectivity index (χ1n) is 15.3. The van der Waals surface area contributed by atoms with Crippen LogP contribution in [0, 0.1) is 17.8 Å². The fraction of sp³-hybridized carbons (Fsp3) is 0.562. The third-order valence-corrected chi connectivity index (χ3v) is 11.9. The van der Waals surface area contributed by atoms with E-state index in [0.29, 0.717) is 37.3 Å². The smallest absolute Gasteiger partial charge is 0.314 e. The molecular weight excluding hydrogens is 682 g/mol. The van der Waals surface area contributed by atoms with Crippen LogP contribution in [-0.4, -0.2) is 65.9 Å². The normalized spacial score (nSPS) is 22.6. The number of hydrogen-bond donors (Lipinski definition) is 1. The fourth-order valence-electron chi connectivity index (χ4n) is 7.60. The molecule has 4 aliphatic heterocycles. The lowest BCUT2D eigenvalue weighted by Crippen LogP contribution is -2.44. The van der Waals surface area contributed by atoms with Crippen LogP contribution >= 0.6 is 43.5 Å². The Balaban J connectivity index is 1.06. The Bertz CT molecular complexity index is 1320. The van der Waals surface area contributed by atoms with Crippen LogP contribution in [0.3, 0.4) is 0 Å². The Kier molecular flexibility index (Phi) is 9.27. The number of primary amides is 1. The summed E-state index contributed by atoms with van der Waals surface area (Å²) < 4.78 is 2.01. The van der Waals surface area contributed by atoms with Gasteiger partial charge in [-0.2, -0.15) is 6.20 Å². The minimum Gasteiger partial charge on any atom is -0.661 e. The number of halogens is 3. The van der Waals surface area contributed by atoms with Crippen LogP contribution in [-0.2, 0) is 11.2 Å². The summed E-state index contributed by atoms with van der Waals surface area (Å²) in [5, 5.41) is 5.69. The zero-order valence-electron chi connectivity index (χ0n) is 24.0. The molecule has 0 spiro atoms. The summed E-state index contributed by atoms with van der Waals surface area (Å²) in [5.74, 6) is 2.01. The number of nitrogens with two attached hydrogens (primary N) is 1. The van der Waals surface area contributed by atoms with Crippen molar-refractivity contribution in [2.24, 2.45) is 23.5 Å². The summed E-state index contributed by atoms with van der Waals surface area (Å²) in [4.78, 5) is 30.8. The van der Waals surface area contributed by atoms with Crippen LogP contribution in [0.1, 0.15) is 62.5 Å². The van der Waals surface area contributed by atoms with Gasteiger partial charge < -0.3 is 25.8 Å². The Morgan fingerprint density at radius 3 is 2.21 bits per heavy atom. The Morgan fingerprint density at radius 2 is 1.55 bits per heavy atom. The largest absolute Gasteiger partial charge is 0.661 e. The standard InChI is InChI=1S/C32H39Br2ClN5O2/c33-24-18-23-1-2-25-26(3-4-27(35)29(25)34)31(30(23)37-19-24)39-15-9-22(10-16-39)21-7-13-38(14-8-21)28(41)17-20-5-11-40(12-6-20)32(36)42/h3-4,18-22H,1-2,5-17H2,(H2,36,42)/q-1. The molecule has 226 valence electrons. The van der Waals surface area contributed by atoms with Crippen LogP contribution in [0.2, 0.25) is 5.02 Å². The van der Waals surface area contributed by atoms with E-state index in [4.69, 9.17) is 22.7 Å². The van der Waals surface area contributed by atoms with Gasteiger partial charge in [0.05, 0.1) is 5.02 Å². The third kappa shape index (κ3) is 6.29. The number of fused-ring (bicyclic) bond motifs is 2. The van der Waals surface area contributed by atoms with Crippen molar-refractivity contribution in [3.8, 4) is 0 Å². The second-order valence-electron chi connectivity index (χ2n) is 12.4. The molecule has 7 nitrogen and oxygen atoms in total. The topological polar surface area (TPSA) is 84.0 Å². The van der Waals surface area contributed by atoms with Crippen molar-refractivity contribution in [1.82, 2.24) is 14.7 Å². The first-order valence-corrected chi connectivity index (χ1v) is 17.3. The van der Waals surface area contributed by atoms with E-state index in [-0.39, 0.29) is 11.9 Å². The van der Waals surface area contributed by atoms with Gasteiger partial charge in [-0.3, -0.25) is 4.79 Å². The molecule has 1 aromatic carbocycles. The quantitative estimate of drug-likeness (QED) is 0.352. The summed E-state index contributed by atoms with van der Waals surface area (Å²) in [7, 11) is 0. The van der Waals surface area contributed by atoms with Crippen molar-refractivity contribution in [2.75, 3.05) is 39.3 Å². The van der Waals surface area contributed by atoms with E-state index in [0.717, 1.165) is 97.2 Å². The van der Waals surface area contributed by atoms with Gasteiger partial charge in [0.15, 0.2) is 0 Å². The number of amides is 3. The summed E-state index contributed by atoms with van der Waals surface area (Å²) in [6.45, 7) is 5.11. The predicted molar refractivity (Wildman–Crippen MR) is 175 cm³/mol. The number of benzene rings is 1. The second-order valence-corrected chi connectivity index (χ2v) is 14.5. The van der Waals surface area contributed by atoms with Crippen LogP contribution in [0.25, 0.3) is 11.0 Å². The molecule has 0 aromatic heterocycles. The molecule has 0 atom stereocenters. The maximum atomic E-state index is 13.1. The molecule has 5 aliphatic rings. The van der Waals surface area contributed by atoms with Crippen molar-refractivity contribution in [3.05, 3.63) is 66.1 Å². The minimum atomic E-state index is -0.349. The van der Waals surface area contributed by atoms with Crippen LogP contribution in [0.15, 0.2) is 44.6 Å². The average Bonchev–Trinajstić information content (AvgIpc) is 3.16. The molecule has 4 heterocycles. The van der Waals surface area contributed by atoms with Crippen molar-refractivity contribution < 1.29 is 9.59 Å². The molecule has 3 fully saturated rings. The van der Waals surface area contributed by atoms with E-state index in [9.17, 15) is 9.59 Å². The number of urea groups is 1. The number of likely N-dealkylation sites (tertiary alicyclic amines) is 3. The van der Waals surface area contributed by atoms with E-state index in [1.165, 1.54) is 22.4 Å². The van der Waals surface area contributed by atoms with Gasteiger partial charge >= 0.3 is 6.03 Å². The first kappa shape index (κ1) is 30.1. The highest BCUT2D eigenvalue weighted by molar-refractivity contribution is 9.12. The molecule has 1 aromatic rings. The maximum Gasteiger partial charge on any atom is 0.314 e. The van der Waals surface area contributed by atoms with Crippen molar-refractivity contribution in [3.63, 3.8) is 0 Å². The fourth-order valence-corrected chi connectivity index (χ4v) is 8.70. The number of carbonyl (C=O) groups is 2. The van der Waals surface area contributed by atoms with E-state index in [1.807, 2.05) is 12.3 Å². The summed E-state index contributed by atoms with van der Waals surface area (Å²) in [6, 6.07) is 3.83. The lowest BCUT2D eigenvalue weighted by Gasteiger charge is -2.44. The number of allylic oxidation sites excluding steroid dienone is 3. The van der Waals surface area contributed by atoms with Crippen molar-refractivity contribution in [1.29, 1.82) is 0 Å². The molecule has 6 rings (SSSR count). The molecule has 0 radical (unpaired) electrons. The SMILES string of the molecule is NC(=O)N1CCC(CC(=O)N2CCC(C3CCN(C4=C5[N-]C=C(Br)C=C5CCc5c4ccc(Cl)c5Br)CC3)CC2)CC1. The molecule has 42 heavy (non-hydrogen) atoms. The highest BCUT2D eigenvalue weighted by Crippen LogP contribution is 2.46. The Morgan fingerprint density at radius 1 is 0.905 bits per heavy atom. The van der Waals surface area contributed by atoms with Gasteiger partial charge in [-0.25, -0.2) is 4.79 Å². The minimum absolute atomic E-state index is 0.285. The number of nitrogens with zero attached hydrogens (tertiary/aromatic N) is 4. The highest BCUT2D eigenvalue weighted by atomic mass is 79.9. The molecular formula is C32H39Br2ClN5O2-. The Labute approximate surface area is 270 Å². The molecule has 10 heteroatoms. The van der Waals surface area contributed by atoms with Crippen LogP contribution < -0.4 is 5.73 Å². The van der Waals surface area contributed by atoms with Gasteiger partial charge in [0, 0.05) is 61.4 Å². The van der Waals surface area contributed by atoms with Crippen molar-refractivity contribution in [2.45, 2.75) is 57.8 Å². The highest BCUT2D eigenvalue weighted by Gasteiger charge is 2.34. The summed E-state index contributed by atoms with van der Waals surface area (Å²) >= 11 is 13.9. The van der Waals surface area contributed by atoms with Gasteiger partial charge in [0.2, 0.25) is 5.91 Å². The number of piperidine rings is 3. The second kappa shape index (κ2) is 12.9. The molecule has 0 bridgehead atoms. The van der Waals surface area contributed by atoms with Gasteiger partial charge in [-0.1, -0.05) is 39.2 Å². The zero-order chi connectivity index (χ0) is 29.4. The van der Waals surface area contributed by atoms with E-state index >= 15 is 0 Å². The van der Waals surface area contributed by atoms with Crippen LogP contribution in [0.5, 0.6) is 0 Å². The monoisotopic (exact) mass is 718 g/mol. The molecule has 0 unspecified atom stereocenters. The van der Waals surface area contributed by atoms with Crippen molar-refractivity contribution >= 4 is 61.1 Å². The maximum absolute atomic E-state index is 13.1. The summed E-state index contributed by atoms with van der Waals surface area (Å²) in [5.41, 5.74) is 11.5. The van der Waals surface area contributed by atoms with E-state index in [1.54, 1.807) is 4.90 Å². The lowest BCUT2D eigenvalue weighted by molar-refractivity contribution is -0.134. The number of hydrogen-bond acceptors (Lipinski definition) is 3. The predicted octanol–water partition coefficient (Wildman–Crippen LogP) is 7.40. The number of rotatable bonds is 4. The lowest BCUT2D eigenvalue weighted by atomic mass is 9.78. The molecule has 1 aliphatic carbocycles.